The predicted molar refractivity (Wildman–Crippen MR) is 90.8 cm³/mol. The van der Waals surface area contributed by atoms with E-state index in [1.807, 2.05) is 0 Å². The number of phenols is 1. The zero-order valence-corrected chi connectivity index (χ0v) is 14.6. The van der Waals surface area contributed by atoms with Gasteiger partial charge in [0.1, 0.15) is 11.5 Å². The number of aliphatic hydroxyl groups excluding tert-OH is 1. The lowest BCUT2D eigenvalue weighted by Gasteiger charge is -2.30. The molecule has 0 amide bonds. The molecule has 0 bridgehead atoms. The molecule has 2 aromatic carbocycles. The third-order valence-corrected chi connectivity index (χ3v) is 5.31. The van der Waals surface area contributed by atoms with Crippen LogP contribution < -0.4 is 9.46 Å². The number of sulfonamides is 1. The van der Waals surface area contributed by atoms with Crippen LogP contribution in [0.5, 0.6) is 11.5 Å². The molecule has 10 heteroatoms. The van der Waals surface area contributed by atoms with Gasteiger partial charge in [-0.15, -0.1) is 0 Å². The van der Waals surface area contributed by atoms with Gasteiger partial charge in [-0.2, -0.15) is 21.6 Å². The molecule has 0 fully saturated rings. The number of aliphatic hydroxyl groups is 1. The highest BCUT2D eigenvalue weighted by molar-refractivity contribution is 7.93. The van der Waals surface area contributed by atoms with E-state index in [0.717, 1.165) is 0 Å². The number of rotatable bonds is 4. The first-order valence-corrected chi connectivity index (χ1v) is 9.37. The fourth-order valence-electron chi connectivity index (χ4n) is 2.89. The monoisotopic (exact) mass is 403 g/mol. The van der Waals surface area contributed by atoms with Gasteiger partial charge in [0.25, 0.3) is 0 Å². The normalized spacial score (nSPS) is 19.9. The molecule has 0 saturated carbocycles. The smallest absolute Gasteiger partial charge is 0.508 e. The fraction of sp³-hybridized carbons (Fsp3) is 0.294. The second-order valence-electron chi connectivity index (χ2n) is 6.19. The number of phenolic OH excluding ortho intramolecular Hbond substituents is 1. The van der Waals surface area contributed by atoms with Crippen molar-refractivity contribution < 1.29 is 36.5 Å². The summed E-state index contributed by atoms with van der Waals surface area (Å²) in [6, 6.07) is 9.86. The lowest BCUT2D eigenvalue weighted by atomic mass is 9.88. The minimum Gasteiger partial charge on any atom is -0.508 e. The van der Waals surface area contributed by atoms with Crippen LogP contribution in [0.4, 0.5) is 18.9 Å². The van der Waals surface area contributed by atoms with Crippen LogP contribution in [0.3, 0.4) is 0 Å². The van der Waals surface area contributed by atoms with Crippen LogP contribution in [0.1, 0.15) is 17.2 Å². The molecule has 2 unspecified atom stereocenters. The molecule has 0 radical (unpaired) electrons. The van der Waals surface area contributed by atoms with Crippen molar-refractivity contribution in [1.82, 2.24) is 0 Å². The molecule has 2 aromatic rings. The lowest BCUT2D eigenvalue weighted by molar-refractivity contribution is -0.0429. The highest BCUT2D eigenvalue weighted by Crippen LogP contribution is 2.38. The van der Waals surface area contributed by atoms with Crippen molar-refractivity contribution in [2.24, 2.45) is 5.92 Å². The van der Waals surface area contributed by atoms with Crippen molar-refractivity contribution >= 4 is 15.7 Å². The number of alkyl halides is 3. The number of benzene rings is 2. The Hall–Kier alpha value is -2.46. The van der Waals surface area contributed by atoms with Crippen LogP contribution in [0.15, 0.2) is 42.5 Å². The number of fused-ring (bicyclic) bond motifs is 1. The SMILES string of the molecule is O=S(=O)(Nc1cccc(CC2COc3ccc(O)cc3C2O)c1)C(F)(F)F. The van der Waals surface area contributed by atoms with E-state index >= 15 is 0 Å². The predicted octanol–water partition coefficient (Wildman–Crippen LogP) is 2.94. The number of ether oxygens (including phenoxy) is 1. The summed E-state index contributed by atoms with van der Waals surface area (Å²) < 4.78 is 67.0. The minimum absolute atomic E-state index is 0.0272. The zero-order valence-electron chi connectivity index (χ0n) is 13.8. The number of hydrogen-bond acceptors (Lipinski definition) is 5. The highest BCUT2D eigenvalue weighted by atomic mass is 32.2. The van der Waals surface area contributed by atoms with Gasteiger partial charge in [0.15, 0.2) is 0 Å². The maximum absolute atomic E-state index is 12.5. The average Bonchev–Trinajstić information content (AvgIpc) is 2.57. The van der Waals surface area contributed by atoms with Crippen molar-refractivity contribution in [2.75, 3.05) is 11.3 Å². The molecule has 0 spiro atoms. The van der Waals surface area contributed by atoms with Crippen molar-refractivity contribution in [2.45, 2.75) is 18.0 Å². The van der Waals surface area contributed by atoms with Gasteiger partial charge in [-0.05, 0) is 42.3 Å². The first-order chi connectivity index (χ1) is 12.6. The second-order valence-corrected chi connectivity index (χ2v) is 7.87. The van der Waals surface area contributed by atoms with E-state index in [4.69, 9.17) is 4.74 Å². The van der Waals surface area contributed by atoms with E-state index in [2.05, 4.69) is 0 Å². The Morgan fingerprint density at radius 2 is 1.93 bits per heavy atom. The first kappa shape index (κ1) is 19.3. The Bertz CT molecular complexity index is 946. The van der Waals surface area contributed by atoms with Crippen LogP contribution in [0.2, 0.25) is 0 Å². The highest BCUT2D eigenvalue weighted by Gasteiger charge is 2.46. The van der Waals surface area contributed by atoms with Crippen molar-refractivity contribution in [3.63, 3.8) is 0 Å². The van der Waals surface area contributed by atoms with E-state index in [0.29, 0.717) is 16.9 Å². The summed E-state index contributed by atoms with van der Waals surface area (Å²) >= 11 is 0. The standard InChI is InChI=1S/C17H16F3NO5S/c18-17(19,20)27(24,25)21-12-3-1-2-10(7-12)6-11-9-26-15-5-4-13(22)8-14(15)16(11)23/h1-5,7-8,11,16,21-23H,6,9H2. The van der Waals surface area contributed by atoms with Gasteiger partial charge in [0.05, 0.1) is 12.7 Å². The molecule has 6 nitrogen and oxygen atoms in total. The van der Waals surface area contributed by atoms with Gasteiger partial charge in [0.2, 0.25) is 0 Å². The number of anilines is 1. The first-order valence-electron chi connectivity index (χ1n) is 7.88. The summed E-state index contributed by atoms with van der Waals surface area (Å²) in [5.74, 6) is -0.00221. The number of hydrogen-bond donors (Lipinski definition) is 3. The van der Waals surface area contributed by atoms with Crippen LogP contribution in [0, 0.1) is 5.92 Å². The second kappa shape index (κ2) is 6.93. The lowest BCUT2D eigenvalue weighted by Crippen LogP contribution is -2.30. The summed E-state index contributed by atoms with van der Waals surface area (Å²) in [6.45, 7) is 0.164. The molecule has 1 aliphatic heterocycles. The average molecular weight is 403 g/mol. The molecule has 0 aromatic heterocycles. The number of halogens is 3. The minimum atomic E-state index is -5.51. The third kappa shape index (κ3) is 4.11. The molecule has 0 aliphatic carbocycles. The number of aromatic hydroxyl groups is 1. The van der Waals surface area contributed by atoms with E-state index in [1.165, 1.54) is 41.1 Å². The molecular formula is C17H16F3NO5S. The van der Waals surface area contributed by atoms with Gasteiger partial charge >= 0.3 is 15.5 Å². The summed E-state index contributed by atoms with van der Waals surface area (Å²) in [5, 5.41) is 20.1. The molecule has 3 rings (SSSR count). The van der Waals surface area contributed by atoms with Gasteiger partial charge in [0, 0.05) is 17.2 Å². The van der Waals surface area contributed by atoms with Crippen LogP contribution in [0.25, 0.3) is 0 Å². The molecule has 146 valence electrons. The Morgan fingerprint density at radius 3 is 2.63 bits per heavy atom. The van der Waals surface area contributed by atoms with Gasteiger partial charge in [-0.25, -0.2) is 0 Å². The van der Waals surface area contributed by atoms with Gasteiger partial charge in [-0.1, -0.05) is 12.1 Å². The molecule has 1 aliphatic rings. The Morgan fingerprint density at radius 1 is 1.19 bits per heavy atom. The van der Waals surface area contributed by atoms with Crippen molar-refractivity contribution in [1.29, 1.82) is 0 Å². The molecule has 1 heterocycles. The summed E-state index contributed by atoms with van der Waals surface area (Å²) in [5.41, 5.74) is -4.70. The summed E-state index contributed by atoms with van der Waals surface area (Å²) in [4.78, 5) is 0. The van der Waals surface area contributed by atoms with Gasteiger partial charge < -0.3 is 14.9 Å². The maximum Gasteiger partial charge on any atom is 0.516 e. The van der Waals surface area contributed by atoms with Crippen LogP contribution in [-0.4, -0.2) is 30.7 Å². The van der Waals surface area contributed by atoms with E-state index in [-0.39, 0.29) is 24.5 Å². The number of nitrogens with one attached hydrogen (secondary N) is 1. The Balaban J connectivity index is 1.77. The van der Waals surface area contributed by atoms with Crippen LogP contribution >= 0.6 is 0 Å². The Kier molecular flexibility index (Phi) is 4.96. The molecule has 0 saturated heterocycles. The summed E-state index contributed by atoms with van der Waals surface area (Å²) in [7, 11) is -5.51. The van der Waals surface area contributed by atoms with E-state index in [1.54, 1.807) is 6.07 Å². The topological polar surface area (TPSA) is 95.9 Å². The largest absolute Gasteiger partial charge is 0.516 e. The molecular weight excluding hydrogens is 387 g/mol. The Labute approximate surface area is 153 Å². The molecule has 2 atom stereocenters. The summed E-state index contributed by atoms with van der Waals surface area (Å²) in [6.07, 6.45) is -0.714. The van der Waals surface area contributed by atoms with Crippen molar-refractivity contribution in [3.05, 3.63) is 53.6 Å². The maximum atomic E-state index is 12.5. The van der Waals surface area contributed by atoms with E-state index in [9.17, 15) is 31.8 Å². The van der Waals surface area contributed by atoms with Crippen LogP contribution in [-0.2, 0) is 16.4 Å². The van der Waals surface area contributed by atoms with Gasteiger partial charge in [-0.3, -0.25) is 4.72 Å². The van der Waals surface area contributed by atoms with Crippen molar-refractivity contribution in [3.8, 4) is 11.5 Å². The van der Waals surface area contributed by atoms with E-state index < -0.39 is 27.6 Å². The third-order valence-electron chi connectivity index (χ3n) is 4.19. The zero-order chi connectivity index (χ0) is 19.8. The fourth-order valence-corrected chi connectivity index (χ4v) is 3.44. The molecule has 3 N–H and O–H groups in total. The molecule has 27 heavy (non-hydrogen) atoms. The quantitative estimate of drug-likeness (QED) is 0.730.